The van der Waals surface area contributed by atoms with E-state index in [1.54, 1.807) is 0 Å². The summed E-state index contributed by atoms with van der Waals surface area (Å²) < 4.78 is 0. The maximum atomic E-state index is 2.65. The van der Waals surface area contributed by atoms with Crippen LogP contribution in [0.5, 0.6) is 0 Å². The molecule has 3 heteroatoms. The number of anilines is 3. The van der Waals surface area contributed by atoms with E-state index in [1.165, 1.54) is 125 Å². The normalized spacial score (nSPS) is 12.5. The quantitative estimate of drug-likeness (QED) is 0.0953. The van der Waals surface area contributed by atoms with Crippen LogP contribution in [-0.2, 0) is 6.42 Å². The van der Waals surface area contributed by atoms with Gasteiger partial charge in [-0.05, 0) is 87.0 Å². The van der Waals surface area contributed by atoms with Crippen LogP contribution in [0.15, 0.2) is 198 Å². The van der Waals surface area contributed by atoms with Gasteiger partial charge in [0.2, 0.25) is 6.71 Å². The molecule has 1 nitrogen and oxygen atoms in total. The molecule has 0 bridgehead atoms. The lowest BCUT2D eigenvalue weighted by Crippen LogP contribution is -2.60. The molecular formula is C55H46BNS. The highest BCUT2D eigenvalue weighted by Gasteiger charge is 2.42. The molecule has 2 aliphatic rings. The molecule has 10 rings (SSSR count). The second kappa shape index (κ2) is 16.1. The summed E-state index contributed by atoms with van der Waals surface area (Å²) in [6, 6.07) is 70.1. The summed E-state index contributed by atoms with van der Waals surface area (Å²) in [5, 5.41) is 0. The number of hydrogen-bond donors (Lipinski definition) is 0. The number of benzene rings is 8. The van der Waals surface area contributed by atoms with Gasteiger partial charge in [0.1, 0.15) is 0 Å². The lowest BCUT2D eigenvalue weighted by atomic mass is 9.34. The van der Waals surface area contributed by atoms with Crippen molar-refractivity contribution in [3.05, 3.63) is 194 Å². The predicted octanol–water partition coefficient (Wildman–Crippen LogP) is 13.6. The van der Waals surface area contributed by atoms with Gasteiger partial charge >= 0.3 is 0 Å². The first kappa shape index (κ1) is 36.3. The molecule has 0 unspecified atom stereocenters. The number of rotatable bonds is 11. The van der Waals surface area contributed by atoms with Crippen molar-refractivity contribution in [2.24, 2.45) is 0 Å². The molecule has 0 saturated heterocycles. The van der Waals surface area contributed by atoms with E-state index in [9.17, 15) is 0 Å². The van der Waals surface area contributed by atoms with Gasteiger partial charge in [-0.25, -0.2) is 0 Å². The molecule has 0 atom stereocenters. The van der Waals surface area contributed by atoms with E-state index in [2.05, 4.69) is 200 Å². The largest absolute Gasteiger partial charge is 0.310 e. The Morgan fingerprint density at radius 2 is 0.983 bits per heavy atom. The van der Waals surface area contributed by atoms with E-state index < -0.39 is 0 Å². The maximum absolute atomic E-state index is 2.65. The summed E-state index contributed by atoms with van der Waals surface area (Å²) in [7, 11) is 0. The Labute approximate surface area is 348 Å². The topological polar surface area (TPSA) is 3.24 Å². The molecule has 0 aliphatic carbocycles. The van der Waals surface area contributed by atoms with Crippen molar-refractivity contribution >= 4 is 51.9 Å². The number of unbranched alkanes of at least 4 members (excludes halogenated alkanes) is 4. The molecule has 58 heavy (non-hydrogen) atoms. The summed E-state index contributed by atoms with van der Waals surface area (Å²) in [5.74, 6) is 0. The zero-order valence-electron chi connectivity index (χ0n) is 33.1. The van der Waals surface area contributed by atoms with Crippen LogP contribution in [0.2, 0.25) is 0 Å². The Kier molecular flexibility index (Phi) is 10.1. The van der Waals surface area contributed by atoms with Gasteiger partial charge in [-0.15, -0.1) is 0 Å². The number of hydrogen-bond acceptors (Lipinski definition) is 2. The van der Waals surface area contributed by atoms with Crippen LogP contribution >= 0.6 is 11.8 Å². The maximum Gasteiger partial charge on any atom is 0.249 e. The number of aryl methyl sites for hydroxylation is 1. The van der Waals surface area contributed by atoms with Gasteiger partial charge in [-0.1, -0.05) is 214 Å². The third-order valence-electron chi connectivity index (χ3n) is 12.0. The van der Waals surface area contributed by atoms with Crippen LogP contribution in [0.25, 0.3) is 44.5 Å². The molecule has 0 amide bonds. The van der Waals surface area contributed by atoms with Gasteiger partial charge < -0.3 is 4.90 Å². The molecule has 0 radical (unpaired) electrons. The summed E-state index contributed by atoms with van der Waals surface area (Å²) >= 11 is 1.96. The third kappa shape index (κ3) is 6.78. The standard InChI is InChI=1S/C55H46BNS/c1-2-3-4-5-10-20-39-35-51-54-53(36-39)58-52-34-32-45(41-23-13-7-14-24-41)38-49(52)56(54)48-37-44(40-21-11-6-12-22-40)31-33-50(48)57(51)55-46(42-25-15-8-16-26-42)29-19-30-47(55)43-27-17-9-18-28-43/h6-9,11-19,21-38H,2-5,10,20H2,1H3. The molecule has 8 aromatic rings. The van der Waals surface area contributed by atoms with Crippen LogP contribution in [0.1, 0.15) is 44.6 Å². The van der Waals surface area contributed by atoms with Crippen LogP contribution < -0.4 is 21.3 Å². The molecular weight excluding hydrogens is 717 g/mol. The Balaban J connectivity index is 1.27. The van der Waals surface area contributed by atoms with Crippen molar-refractivity contribution in [3.8, 4) is 44.5 Å². The second-order valence-electron chi connectivity index (χ2n) is 15.8. The minimum atomic E-state index is 0.0718. The molecule has 0 saturated carbocycles. The van der Waals surface area contributed by atoms with Crippen molar-refractivity contribution in [2.75, 3.05) is 4.90 Å². The van der Waals surface area contributed by atoms with Gasteiger partial charge in [-0.3, -0.25) is 0 Å². The van der Waals surface area contributed by atoms with Gasteiger partial charge in [-0.2, -0.15) is 0 Å². The number of nitrogens with zero attached hydrogens (tertiary/aromatic N) is 1. The fourth-order valence-corrected chi connectivity index (χ4v) is 10.4. The zero-order chi connectivity index (χ0) is 38.8. The number of fused-ring (bicyclic) bond motifs is 4. The van der Waals surface area contributed by atoms with E-state index in [1.807, 2.05) is 11.8 Å². The average Bonchev–Trinajstić information content (AvgIpc) is 3.29. The number of para-hydroxylation sites is 1. The molecule has 0 fully saturated rings. The molecule has 0 aromatic heterocycles. The van der Waals surface area contributed by atoms with E-state index in [0.29, 0.717) is 0 Å². The van der Waals surface area contributed by atoms with Crippen LogP contribution in [0, 0.1) is 0 Å². The fourth-order valence-electron chi connectivity index (χ4n) is 9.23. The van der Waals surface area contributed by atoms with Crippen LogP contribution in [0.3, 0.4) is 0 Å². The minimum absolute atomic E-state index is 0.0718. The highest BCUT2D eigenvalue weighted by Crippen LogP contribution is 2.49. The minimum Gasteiger partial charge on any atom is -0.310 e. The zero-order valence-corrected chi connectivity index (χ0v) is 33.9. The van der Waals surface area contributed by atoms with Crippen molar-refractivity contribution in [3.63, 3.8) is 0 Å². The Hall–Kier alpha value is -6.03. The van der Waals surface area contributed by atoms with Crippen LogP contribution in [-0.4, -0.2) is 6.71 Å². The van der Waals surface area contributed by atoms with E-state index in [4.69, 9.17) is 0 Å². The lowest BCUT2D eigenvalue weighted by molar-refractivity contribution is 0.632. The van der Waals surface area contributed by atoms with E-state index >= 15 is 0 Å². The molecule has 2 heterocycles. The third-order valence-corrected chi connectivity index (χ3v) is 13.2. The highest BCUT2D eigenvalue weighted by molar-refractivity contribution is 8.00. The van der Waals surface area contributed by atoms with Gasteiger partial charge in [0.15, 0.2) is 0 Å². The van der Waals surface area contributed by atoms with Gasteiger partial charge in [0.25, 0.3) is 0 Å². The van der Waals surface area contributed by atoms with Crippen LogP contribution in [0.4, 0.5) is 17.1 Å². The Bertz CT molecular complexity index is 2650. The van der Waals surface area contributed by atoms with Crippen molar-refractivity contribution < 1.29 is 0 Å². The molecule has 0 N–H and O–H groups in total. The second-order valence-corrected chi connectivity index (χ2v) is 16.8. The van der Waals surface area contributed by atoms with E-state index in [0.717, 1.165) is 6.42 Å². The fraction of sp³-hybridized carbons (Fsp3) is 0.127. The summed E-state index contributed by atoms with van der Waals surface area (Å²) in [4.78, 5) is 5.38. The Morgan fingerprint density at radius 3 is 1.59 bits per heavy atom. The smallest absolute Gasteiger partial charge is 0.249 e. The molecule has 2 aliphatic heterocycles. The predicted molar refractivity (Wildman–Crippen MR) is 251 cm³/mol. The monoisotopic (exact) mass is 763 g/mol. The first-order valence-corrected chi connectivity index (χ1v) is 21.8. The molecule has 280 valence electrons. The lowest BCUT2D eigenvalue weighted by Gasteiger charge is -2.42. The first-order valence-electron chi connectivity index (χ1n) is 21.0. The molecule has 8 aromatic carbocycles. The summed E-state index contributed by atoms with van der Waals surface area (Å²) in [6.45, 7) is 2.37. The van der Waals surface area contributed by atoms with Crippen molar-refractivity contribution in [2.45, 2.75) is 55.2 Å². The SMILES string of the molecule is CCCCCCCc1cc2c3c(c1)N(c1c(-c4ccccc4)cccc1-c1ccccc1)c1ccc(-c4ccccc4)cc1B3c1cc(-c3ccccc3)ccc1S2. The van der Waals surface area contributed by atoms with Gasteiger partial charge in [0, 0.05) is 32.3 Å². The Morgan fingerprint density at radius 1 is 0.431 bits per heavy atom. The summed E-state index contributed by atoms with van der Waals surface area (Å²) in [6.07, 6.45) is 7.42. The summed E-state index contributed by atoms with van der Waals surface area (Å²) in [5.41, 5.74) is 19.2. The molecule has 0 spiro atoms. The van der Waals surface area contributed by atoms with Crippen molar-refractivity contribution in [1.82, 2.24) is 0 Å². The van der Waals surface area contributed by atoms with E-state index in [-0.39, 0.29) is 6.71 Å². The van der Waals surface area contributed by atoms with Gasteiger partial charge in [0.05, 0.1) is 5.69 Å². The first-order chi connectivity index (χ1) is 28.7. The van der Waals surface area contributed by atoms with Crippen molar-refractivity contribution in [1.29, 1.82) is 0 Å². The average molecular weight is 764 g/mol. The highest BCUT2D eigenvalue weighted by atomic mass is 32.2.